The third-order valence-corrected chi connectivity index (χ3v) is 4.55. The van der Waals surface area contributed by atoms with Crippen molar-refractivity contribution >= 4 is 0 Å². The fraction of sp³-hybridized carbons (Fsp3) is 1.00. The Morgan fingerprint density at radius 2 is 1.21 bits per heavy atom. The minimum atomic E-state index is 0.722. The molecule has 4 unspecified atom stereocenters. The third-order valence-electron chi connectivity index (χ3n) is 4.55. The summed E-state index contributed by atoms with van der Waals surface area (Å²) in [5.74, 6) is 3.42. The van der Waals surface area contributed by atoms with Gasteiger partial charge in [-0.15, -0.1) is 0 Å². The zero-order valence-electron chi connectivity index (χ0n) is 9.12. The number of nitrogens with two attached hydrogens (primary N) is 2. The molecule has 2 fully saturated rings. The molecule has 0 aromatic heterocycles. The van der Waals surface area contributed by atoms with Gasteiger partial charge in [0.2, 0.25) is 0 Å². The molecule has 2 saturated carbocycles. The molecule has 4 atom stereocenters. The van der Waals surface area contributed by atoms with Crippen LogP contribution in [0.15, 0.2) is 0 Å². The maximum Gasteiger partial charge on any atom is -0.00456 e. The summed E-state index contributed by atoms with van der Waals surface area (Å²) >= 11 is 0. The molecule has 0 aliphatic heterocycles. The summed E-state index contributed by atoms with van der Waals surface area (Å²) in [5.41, 5.74) is 11.7. The highest BCUT2D eigenvalue weighted by Crippen LogP contribution is 2.44. The number of hydrogen-bond donors (Lipinski definition) is 2. The van der Waals surface area contributed by atoms with Crippen molar-refractivity contribution in [2.24, 2.45) is 35.1 Å². The summed E-state index contributed by atoms with van der Waals surface area (Å²) in [7, 11) is 0. The largest absolute Gasteiger partial charge is 0.330 e. The van der Waals surface area contributed by atoms with Gasteiger partial charge in [-0.25, -0.2) is 0 Å². The second kappa shape index (κ2) is 4.63. The van der Waals surface area contributed by atoms with E-state index in [1.807, 2.05) is 0 Å². The second-order valence-electron chi connectivity index (χ2n) is 5.27. The van der Waals surface area contributed by atoms with Crippen molar-refractivity contribution in [3.05, 3.63) is 0 Å². The van der Waals surface area contributed by atoms with E-state index in [1.54, 1.807) is 0 Å². The molecule has 2 aliphatic rings. The van der Waals surface area contributed by atoms with E-state index in [0.29, 0.717) is 0 Å². The first kappa shape index (κ1) is 10.4. The fourth-order valence-corrected chi connectivity index (χ4v) is 3.65. The smallest absolute Gasteiger partial charge is 0.00456 e. The number of fused-ring (bicyclic) bond motifs is 1. The van der Waals surface area contributed by atoms with Gasteiger partial charge in [-0.2, -0.15) is 0 Å². The Morgan fingerprint density at radius 3 is 1.57 bits per heavy atom. The summed E-state index contributed by atoms with van der Waals surface area (Å²) in [4.78, 5) is 0. The summed E-state index contributed by atoms with van der Waals surface area (Å²) < 4.78 is 0. The Hall–Kier alpha value is -0.0800. The number of hydrogen-bond acceptors (Lipinski definition) is 2. The topological polar surface area (TPSA) is 52.0 Å². The van der Waals surface area contributed by atoms with Crippen LogP contribution in [0.1, 0.15) is 38.5 Å². The Balaban J connectivity index is 1.98. The van der Waals surface area contributed by atoms with Crippen LogP contribution in [0.25, 0.3) is 0 Å². The predicted octanol–water partition coefficient (Wildman–Crippen LogP) is 1.74. The van der Waals surface area contributed by atoms with Crippen LogP contribution >= 0.6 is 0 Å². The summed E-state index contributed by atoms with van der Waals surface area (Å²) in [6, 6.07) is 0. The molecule has 0 amide bonds. The summed E-state index contributed by atoms with van der Waals surface area (Å²) in [6.07, 6.45) is 8.54. The van der Waals surface area contributed by atoms with Crippen molar-refractivity contribution < 1.29 is 0 Å². The van der Waals surface area contributed by atoms with E-state index in [1.165, 1.54) is 38.5 Å². The zero-order chi connectivity index (χ0) is 9.97. The van der Waals surface area contributed by atoms with Crippen LogP contribution < -0.4 is 11.5 Å². The van der Waals surface area contributed by atoms with Crippen molar-refractivity contribution in [2.75, 3.05) is 13.1 Å². The van der Waals surface area contributed by atoms with Crippen LogP contribution in [0.4, 0.5) is 0 Å². The molecule has 2 aliphatic carbocycles. The second-order valence-corrected chi connectivity index (χ2v) is 5.27. The first-order valence-corrected chi connectivity index (χ1v) is 6.25. The highest BCUT2D eigenvalue weighted by atomic mass is 14.6. The van der Waals surface area contributed by atoms with E-state index in [2.05, 4.69) is 0 Å². The minimum Gasteiger partial charge on any atom is -0.330 e. The lowest BCUT2D eigenvalue weighted by atomic mass is 9.63. The highest BCUT2D eigenvalue weighted by molar-refractivity contribution is 4.88. The van der Waals surface area contributed by atoms with Gasteiger partial charge in [0.1, 0.15) is 0 Å². The van der Waals surface area contributed by atoms with E-state index in [0.717, 1.165) is 36.8 Å². The average Bonchev–Trinajstić information content (AvgIpc) is 2.27. The molecular formula is C12H24N2. The van der Waals surface area contributed by atoms with Crippen LogP contribution in [0, 0.1) is 23.7 Å². The Labute approximate surface area is 87.4 Å². The van der Waals surface area contributed by atoms with E-state index in [-0.39, 0.29) is 0 Å². The average molecular weight is 196 g/mol. The van der Waals surface area contributed by atoms with E-state index >= 15 is 0 Å². The van der Waals surface area contributed by atoms with Gasteiger partial charge in [0.25, 0.3) is 0 Å². The van der Waals surface area contributed by atoms with E-state index in [4.69, 9.17) is 11.5 Å². The molecule has 0 aromatic carbocycles. The summed E-state index contributed by atoms with van der Waals surface area (Å²) in [6.45, 7) is 1.70. The fourth-order valence-electron chi connectivity index (χ4n) is 3.65. The van der Waals surface area contributed by atoms with Crippen molar-refractivity contribution in [1.29, 1.82) is 0 Å². The SMILES string of the molecule is NCC1CC2CCCCC2CC1CN. The molecule has 0 spiro atoms. The molecule has 0 aromatic rings. The molecule has 0 bridgehead atoms. The van der Waals surface area contributed by atoms with Gasteiger partial charge in [0.05, 0.1) is 0 Å². The lowest BCUT2D eigenvalue weighted by Crippen LogP contribution is -2.40. The predicted molar refractivity (Wildman–Crippen MR) is 59.8 cm³/mol. The molecule has 4 N–H and O–H groups in total. The number of rotatable bonds is 2. The van der Waals surface area contributed by atoms with Gasteiger partial charge in [-0.1, -0.05) is 25.7 Å². The summed E-state index contributed by atoms with van der Waals surface area (Å²) in [5, 5.41) is 0. The van der Waals surface area contributed by atoms with Crippen molar-refractivity contribution in [2.45, 2.75) is 38.5 Å². The van der Waals surface area contributed by atoms with E-state index in [9.17, 15) is 0 Å². The molecule has 82 valence electrons. The maximum atomic E-state index is 5.84. The highest BCUT2D eigenvalue weighted by Gasteiger charge is 2.36. The van der Waals surface area contributed by atoms with Crippen LogP contribution in [-0.4, -0.2) is 13.1 Å². The first-order valence-electron chi connectivity index (χ1n) is 6.25. The van der Waals surface area contributed by atoms with Crippen LogP contribution in [-0.2, 0) is 0 Å². The van der Waals surface area contributed by atoms with Crippen LogP contribution in [0.2, 0.25) is 0 Å². The van der Waals surface area contributed by atoms with E-state index < -0.39 is 0 Å². The lowest BCUT2D eigenvalue weighted by molar-refractivity contribution is 0.0849. The molecule has 2 nitrogen and oxygen atoms in total. The molecule has 0 radical (unpaired) electrons. The van der Waals surface area contributed by atoms with Gasteiger partial charge in [-0.3, -0.25) is 0 Å². The standard InChI is InChI=1S/C12H24N2/c13-7-11-5-9-3-1-2-4-10(9)6-12(11)8-14/h9-12H,1-8,13-14H2. The third kappa shape index (κ3) is 1.96. The quantitative estimate of drug-likeness (QED) is 0.707. The zero-order valence-corrected chi connectivity index (χ0v) is 9.12. The Morgan fingerprint density at radius 1 is 0.786 bits per heavy atom. The monoisotopic (exact) mass is 196 g/mol. The molecular weight excluding hydrogens is 172 g/mol. The van der Waals surface area contributed by atoms with Crippen molar-refractivity contribution in [3.8, 4) is 0 Å². The van der Waals surface area contributed by atoms with Gasteiger partial charge < -0.3 is 11.5 Å². The van der Waals surface area contributed by atoms with Gasteiger partial charge in [0.15, 0.2) is 0 Å². The van der Waals surface area contributed by atoms with Crippen LogP contribution in [0.5, 0.6) is 0 Å². The Kier molecular flexibility index (Phi) is 3.45. The maximum absolute atomic E-state index is 5.84. The van der Waals surface area contributed by atoms with Crippen LogP contribution in [0.3, 0.4) is 0 Å². The van der Waals surface area contributed by atoms with Gasteiger partial charge in [-0.05, 0) is 49.6 Å². The molecule has 0 heterocycles. The van der Waals surface area contributed by atoms with Gasteiger partial charge in [0, 0.05) is 0 Å². The van der Waals surface area contributed by atoms with Crippen molar-refractivity contribution in [3.63, 3.8) is 0 Å². The lowest BCUT2D eigenvalue weighted by Gasteiger charge is -2.43. The van der Waals surface area contributed by atoms with Gasteiger partial charge >= 0.3 is 0 Å². The molecule has 2 heteroatoms. The molecule has 14 heavy (non-hydrogen) atoms. The first-order chi connectivity index (χ1) is 6.85. The molecule has 2 rings (SSSR count). The van der Waals surface area contributed by atoms with Crippen molar-refractivity contribution in [1.82, 2.24) is 0 Å². The minimum absolute atomic E-state index is 0.722. The normalized spacial score (nSPS) is 43.3. The Bertz CT molecular complexity index is 157. The molecule has 0 saturated heterocycles.